The van der Waals surface area contributed by atoms with E-state index in [-0.39, 0.29) is 11.0 Å². The first-order valence-electron chi connectivity index (χ1n) is 9.58. The van der Waals surface area contributed by atoms with Crippen LogP contribution in [-0.2, 0) is 19.4 Å². The van der Waals surface area contributed by atoms with Crippen molar-refractivity contribution in [3.63, 3.8) is 0 Å². The summed E-state index contributed by atoms with van der Waals surface area (Å²) in [5.41, 5.74) is 3.25. The highest BCUT2D eigenvalue weighted by Crippen LogP contribution is 2.38. The smallest absolute Gasteiger partial charge is 0.257 e. The fraction of sp³-hybridized carbons (Fsp3) is 0.174. The van der Waals surface area contributed by atoms with Crippen LogP contribution in [-0.4, -0.2) is 11.0 Å². The van der Waals surface area contributed by atoms with E-state index in [0.717, 1.165) is 30.4 Å². The summed E-state index contributed by atoms with van der Waals surface area (Å²) < 4.78 is 5.79. The molecule has 7 heteroatoms. The second-order valence-corrected chi connectivity index (χ2v) is 8.40. The molecule has 0 bridgehead atoms. The third kappa shape index (κ3) is 4.51. The number of fused-ring (bicyclic) bond motifs is 1. The average molecular weight is 434 g/mol. The minimum absolute atomic E-state index is 0.173. The van der Waals surface area contributed by atoms with Crippen LogP contribution in [0.1, 0.15) is 38.3 Å². The van der Waals surface area contributed by atoms with Gasteiger partial charge in [0, 0.05) is 10.4 Å². The first kappa shape index (κ1) is 20.1. The Kier molecular flexibility index (Phi) is 6.07. The number of rotatable bonds is 5. The number of hydrogen-bond donors (Lipinski definition) is 2. The van der Waals surface area contributed by atoms with E-state index in [1.807, 2.05) is 36.4 Å². The highest BCUT2D eigenvalue weighted by molar-refractivity contribution is 7.80. The molecule has 2 aromatic carbocycles. The number of aryl methyl sites for hydroxylation is 1. The minimum Gasteiger partial charge on any atom is -0.489 e. The Bertz CT molecular complexity index is 1130. The van der Waals surface area contributed by atoms with E-state index in [1.54, 1.807) is 18.2 Å². The van der Waals surface area contributed by atoms with Crippen LogP contribution in [0.15, 0.2) is 54.6 Å². The molecule has 1 heterocycles. The molecular weight excluding hydrogens is 414 g/mol. The van der Waals surface area contributed by atoms with Gasteiger partial charge in [0.25, 0.3) is 5.91 Å². The molecule has 2 N–H and O–H groups in total. The largest absolute Gasteiger partial charge is 0.489 e. The van der Waals surface area contributed by atoms with Crippen LogP contribution in [0.25, 0.3) is 0 Å². The van der Waals surface area contributed by atoms with Crippen molar-refractivity contribution >= 4 is 39.6 Å². The molecule has 1 aliphatic rings. The van der Waals surface area contributed by atoms with Gasteiger partial charge in [0.15, 0.2) is 5.11 Å². The summed E-state index contributed by atoms with van der Waals surface area (Å²) in [4.78, 5) is 13.8. The molecule has 0 saturated carbocycles. The molecule has 4 rings (SSSR count). The van der Waals surface area contributed by atoms with Gasteiger partial charge in [-0.15, -0.1) is 11.3 Å². The molecule has 0 atom stereocenters. The molecule has 0 unspecified atom stereocenters. The molecule has 0 radical (unpaired) electrons. The van der Waals surface area contributed by atoms with Gasteiger partial charge in [-0.3, -0.25) is 10.1 Å². The number of hydrogen-bond acceptors (Lipinski definition) is 5. The molecule has 1 amide bonds. The zero-order valence-corrected chi connectivity index (χ0v) is 17.7. The molecule has 3 aromatic rings. The number of carbonyl (C=O) groups excluding carboxylic acids is 1. The Balaban J connectivity index is 1.38. The number of thiocarbonyl (C=S) groups is 1. The lowest BCUT2D eigenvalue weighted by Gasteiger charge is -2.10. The van der Waals surface area contributed by atoms with Crippen LogP contribution in [0.5, 0.6) is 5.75 Å². The fourth-order valence-electron chi connectivity index (χ4n) is 3.39. The molecule has 0 saturated heterocycles. The van der Waals surface area contributed by atoms with E-state index in [0.29, 0.717) is 28.5 Å². The maximum Gasteiger partial charge on any atom is 0.257 e. The summed E-state index contributed by atoms with van der Waals surface area (Å²) in [6, 6.07) is 19.0. The molecule has 150 valence electrons. The summed E-state index contributed by atoms with van der Waals surface area (Å²) in [5.74, 6) is 0.270. The van der Waals surface area contributed by atoms with E-state index in [1.165, 1.54) is 16.2 Å². The second-order valence-electron chi connectivity index (χ2n) is 6.88. The average Bonchev–Trinajstić information content (AvgIpc) is 3.34. The van der Waals surface area contributed by atoms with Crippen molar-refractivity contribution in [2.45, 2.75) is 25.9 Å². The van der Waals surface area contributed by atoms with Gasteiger partial charge >= 0.3 is 0 Å². The molecule has 1 aliphatic carbocycles. The number of ether oxygens (including phenoxy) is 1. The number of nitriles is 1. The van der Waals surface area contributed by atoms with Crippen molar-refractivity contribution in [2.24, 2.45) is 0 Å². The summed E-state index contributed by atoms with van der Waals surface area (Å²) in [7, 11) is 0. The summed E-state index contributed by atoms with van der Waals surface area (Å²) in [6.45, 7) is 0.422. The molecular formula is C23H19N3O2S2. The molecule has 0 fully saturated rings. The third-order valence-electron chi connectivity index (χ3n) is 4.83. The predicted octanol–water partition coefficient (Wildman–Crippen LogP) is 4.81. The van der Waals surface area contributed by atoms with Crippen LogP contribution in [0.3, 0.4) is 0 Å². The quantitative estimate of drug-likeness (QED) is 0.565. The minimum atomic E-state index is -0.333. The number of carbonyl (C=O) groups is 1. The van der Waals surface area contributed by atoms with Crippen LogP contribution in [0.4, 0.5) is 5.00 Å². The van der Waals surface area contributed by atoms with E-state index in [2.05, 4.69) is 16.7 Å². The standard InChI is InChI=1S/C23H19N3O2S2/c24-13-19-18-10-5-11-20(18)30-22(19)26-23(29)25-21(27)16-8-4-9-17(12-16)28-14-15-6-2-1-3-7-15/h1-4,6-9,12H,5,10-11,14H2,(H2,25,26,27,29). The van der Waals surface area contributed by atoms with Gasteiger partial charge in [-0.2, -0.15) is 5.26 Å². The van der Waals surface area contributed by atoms with Gasteiger partial charge in [-0.05, 0) is 60.8 Å². The molecule has 30 heavy (non-hydrogen) atoms. The number of nitrogens with zero attached hydrogens (tertiary/aromatic N) is 1. The van der Waals surface area contributed by atoms with Crippen molar-refractivity contribution in [3.05, 3.63) is 81.7 Å². The first-order chi connectivity index (χ1) is 14.6. The zero-order chi connectivity index (χ0) is 20.9. The first-order valence-corrected chi connectivity index (χ1v) is 10.8. The Morgan fingerprint density at radius 2 is 2.00 bits per heavy atom. The second kappa shape index (κ2) is 9.08. The lowest BCUT2D eigenvalue weighted by Crippen LogP contribution is -2.34. The lowest BCUT2D eigenvalue weighted by molar-refractivity contribution is 0.0977. The topological polar surface area (TPSA) is 74.2 Å². The molecule has 5 nitrogen and oxygen atoms in total. The monoisotopic (exact) mass is 433 g/mol. The molecule has 0 spiro atoms. The maximum absolute atomic E-state index is 12.6. The van der Waals surface area contributed by atoms with Crippen molar-refractivity contribution < 1.29 is 9.53 Å². The lowest BCUT2D eigenvalue weighted by atomic mass is 10.1. The maximum atomic E-state index is 12.6. The summed E-state index contributed by atoms with van der Waals surface area (Å²) in [6.07, 6.45) is 3.00. The van der Waals surface area contributed by atoms with Gasteiger partial charge in [-0.25, -0.2) is 0 Å². The van der Waals surface area contributed by atoms with E-state index < -0.39 is 0 Å². The van der Waals surface area contributed by atoms with Crippen LogP contribution >= 0.6 is 23.6 Å². The summed E-state index contributed by atoms with van der Waals surface area (Å²) >= 11 is 6.84. The van der Waals surface area contributed by atoms with Crippen molar-refractivity contribution in [1.82, 2.24) is 5.32 Å². The van der Waals surface area contributed by atoms with Crippen LogP contribution in [0, 0.1) is 11.3 Å². The SMILES string of the molecule is N#Cc1c(NC(=S)NC(=O)c2cccc(OCc3ccccc3)c2)sc2c1CCC2. The highest BCUT2D eigenvalue weighted by atomic mass is 32.1. The molecule has 1 aromatic heterocycles. The van der Waals surface area contributed by atoms with E-state index in [9.17, 15) is 10.1 Å². The van der Waals surface area contributed by atoms with Crippen molar-refractivity contribution in [2.75, 3.05) is 5.32 Å². The zero-order valence-electron chi connectivity index (χ0n) is 16.1. The van der Waals surface area contributed by atoms with Crippen LogP contribution < -0.4 is 15.4 Å². The Labute approximate surface area is 184 Å². The predicted molar refractivity (Wildman–Crippen MR) is 122 cm³/mol. The van der Waals surface area contributed by atoms with E-state index in [4.69, 9.17) is 17.0 Å². The highest BCUT2D eigenvalue weighted by Gasteiger charge is 2.22. The van der Waals surface area contributed by atoms with Crippen LogP contribution in [0.2, 0.25) is 0 Å². The third-order valence-corrected chi connectivity index (χ3v) is 6.24. The Morgan fingerprint density at radius 3 is 2.80 bits per heavy atom. The number of amides is 1. The van der Waals surface area contributed by atoms with Crippen molar-refractivity contribution in [1.29, 1.82) is 5.26 Å². The number of anilines is 1. The van der Waals surface area contributed by atoms with E-state index >= 15 is 0 Å². The number of nitrogens with one attached hydrogen (secondary N) is 2. The Morgan fingerprint density at radius 1 is 1.17 bits per heavy atom. The normalized spacial score (nSPS) is 12.0. The Hall–Kier alpha value is -3.21. The number of benzene rings is 2. The summed E-state index contributed by atoms with van der Waals surface area (Å²) in [5, 5.41) is 16.1. The van der Waals surface area contributed by atoms with Gasteiger partial charge in [0.1, 0.15) is 23.4 Å². The molecule has 0 aliphatic heterocycles. The van der Waals surface area contributed by atoms with Gasteiger partial charge in [-0.1, -0.05) is 36.4 Å². The van der Waals surface area contributed by atoms with Gasteiger partial charge in [0.05, 0.1) is 5.56 Å². The van der Waals surface area contributed by atoms with Gasteiger partial charge < -0.3 is 10.1 Å². The number of thiophene rings is 1. The fourth-order valence-corrected chi connectivity index (χ4v) is 4.89. The van der Waals surface area contributed by atoms with Crippen molar-refractivity contribution in [3.8, 4) is 11.8 Å². The van der Waals surface area contributed by atoms with Gasteiger partial charge in [0.2, 0.25) is 0 Å².